The molecule has 2 aromatic rings. The number of fused-ring (bicyclic) bond motifs is 5. The molecule has 3 heterocycles. The molecule has 0 radical (unpaired) electrons. The zero-order valence-corrected chi connectivity index (χ0v) is 12.3. The lowest BCUT2D eigenvalue weighted by Crippen LogP contribution is -2.56. The first kappa shape index (κ1) is 13.1. The Hall–Kier alpha value is -1.64. The largest absolute Gasteiger partial charge is 0.311 e. The van der Waals surface area contributed by atoms with Crippen LogP contribution in [0, 0.1) is 0 Å². The van der Waals surface area contributed by atoms with Crippen LogP contribution in [0.3, 0.4) is 0 Å². The summed E-state index contributed by atoms with van der Waals surface area (Å²) < 4.78 is 0. The monoisotopic (exact) mass is 278 g/mol. The van der Waals surface area contributed by atoms with Gasteiger partial charge >= 0.3 is 0 Å². The Bertz CT molecular complexity index is 661. The number of nitrogens with zero attached hydrogens (tertiary/aromatic N) is 1. The van der Waals surface area contributed by atoms with Crippen LogP contribution in [0.4, 0.5) is 0 Å². The second kappa shape index (κ2) is 5.63. The molecule has 2 bridgehead atoms. The first-order valence-corrected chi connectivity index (χ1v) is 7.98. The van der Waals surface area contributed by atoms with Crippen molar-refractivity contribution >= 4 is 10.8 Å². The maximum atomic E-state index is 3.67. The van der Waals surface area contributed by atoms with Crippen molar-refractivity contribution in [2.24, 2.45) is 0 Å². The van der Waals surface area contributed by atoms with E-state index >= 15 is 0 Å². The first-order chi connectivity index (χ1) is 10.4. The van der Waals surface area contributed by atoms with Gasteiger partial charge in [-0.25, -0.2) is 0 Å². The number of nitrogens with one attached hydrogen (secondary N) is 1. The lowest BCUT2D eigenvalue weighted by atomic mass is 9.98. The van der Waals surface area contributed by atoms with Crippen LogP contribution < -0.4 is 5.32 Å². The topological polar surface area (TPSA) is 15.3 Å². The zero-order valence-electron chi connectivity index (χ0n) is 12.3. The number of benzene rings is 2. The van der Waals surface area contributed by atoms with Gasteiger partial charge in [-0.15, -0.1) is 0 Å². The summed E-state index contributed by atoms with van der Waals surface area (Å²) in [6.07, 6.45) is 7.05. The Labute approximate surface area is 126 Å². The molecular formula is C19H22N2. The molecule has 2 heteroatoms. The van der Waals surface area contributed by atoms with Crippen LogP contribution in [0.25, 0.3) is 10.8 Å². The summed E-state index contributed by atoms with van der Waals surface area (Å²) in [4.78, 5) is 2.66. The van der Waals surface area contributed by atoms with Crippen molar-refractivity contribution in [2.75, 3.05) is 13.1 Å². The summed E-state index contributed by atoms with van der Waals surface area (Å²) >= 11 is 0. The Morgan fingerprint density at radius 1 is 1.00 bits per heavy atom. The lowest BCUT2D eigenvalue weighted by molar-refractivity contribution is 0.120. The predicted octanol–water partition coefficient (Wildman–Crippen LogP) is 3.33. The van der Waals surface area contributed by atoms with Gasteiger partial charge in [0.25, 0.3) is 0 Å². The van der Waals surface area contributed by atoms with Gasteiger partial charge in [0.2, 0.25) is 0 Å². The van der Waals surface area contributed by atoms with Gasteiger partial charge in [-0.05, 0) is 35.2 Å². The highest BCUT2D eigenvalue weighted by Gasteiger charge is 2.27. The molecule has 1 saturated heterocycles. The smallest absolute Gasteiger partial charge is 0.0259 e. The average Bonchev–Trinajstić information content (AvgIpc) is 2.48. The summed E-state index contributed by atoms with van der Waals surface area (Å²) in [5.74, 6) is 0. The van der Waals surface area contributed by atoms with Gasteiger partial charge in [0.1, 0.15) is 0 Å². The van der Waals surface area contributed by atoms with Crippen LogP contribution in [-0.4, -0.2) is 30.1 Å². The van der Waals surface area contributed by atoms with E-state index in [1.807, 2.05) is 0 Å². The van der Waals surface area contributed by atoms with Crippen LogP contribution in [0.1, 0.15) is 18.4 Å². The van der Waals surface area contributed by atoms with Crippen molar-refractivity contribution in [1.82, 2.24) is 10.2 Å². The first-order valence-electron chi connectivity index (χ1n) is 7.98. The van der Waals surface area contributed by atoms with Crippen LogP contribution in [-0.2, 0) is 6.54 Å². The highest BCUT2D eigenvalue weighted by atomic mass is 15.2. The third-order valence-electron chi connectivity index (χ3n) is 4.81. The van der Waals surface area contributed by atoms with Crippen molar-refractivity contribution in [3.8, 4) is 0 Å². The fourth-order valence-electron chi connectivity index (χ4n) is 3.60. The molecule has 0 aliphatic carbocycles. The normalized spacial score (nSPS) is 25.9. The summed E-state index contributed by atoms with van der Waals surface area (Å²) in [6, 6.07) is 16.8. The van der Waals surface area contributed by atoms with E-state index in [4.69, 9.17) is 0 Å². The number of hydrogen-bond acceptors (Lipinski definition) is 2. The Morgan fingerprint density at radius 2 is 1.86 bits per heavy atom. The van der Waals surface area contributed by atoms with E-state index < -0.39 is 0 Å². The third-order valence-corrected chi connectivity index (χ3v) is 4.81. The molecular weight excluding hydrogens is 256 g/mol. The molecule has 0 spiro atoms. The van der Waals surface area contributed by atoms with Crippen LogP contribution >= 0.6 is 0 Å². The standard InChI is InChI=1S/C19H22N2/c1-2-6-17-11-15(9-10-16(17)5-1)13-21-14-18-7-3-4-8-19(21)12-20-18/h1-6,9-11,18-20H,7-8,12-14H2/t18-,19-/m0/s1. The third kappa shape index (κ3) is 2.74. The molecule has 2 atom stereocenters. The number of hydrogen-bond donors (Lipinski definition) is 1. The Balaban J connectivity index is 1.57. The highest BCUT2D eigenvalue weighted by molar-refractivity contribution is 5.82. The number of piperazine rings is 1. The summed E-state index contributed by atoms with van der Waals surface area (Å²) in [7, 11) is 0. The zero-order chi connectivity index (χ0) is 14.1. The highest BCUT2D eigenvalue weighted by Crippen LogP contribution is 2.21. The lowest BCUT2D eigenvalue weighted by Gasteiger charge is -2.41. The molecule has 108 valence electrons. The van der Waals surface area contributed by atoms with Gasteiger partial charge in [0, 0.05) is 31.7 Å². The van der Waals surface area contributed by atoms with Gasteiger partial charge in [0.15, 0.2) is 0 Å². The van der Waals surface area contributed by atoms with Crippen LogP contribution in [0.15, 0.2) is 54.6 Å². The van der Waals surface area contributed by atoms with E-state index in [0.29, 0.717) is 12.1 Å². The van der Waals surface area contributed by atoms with Gasteiger partial charge in [0.05, 0.1) is 0 Å². The molecule has 0 saturated carbocycles. The molecule has 5 rings (SSSR count). The van der Waals surface area contributed by atoms with Crippen LogP contribution in [0.2, 0.25) is 0 Å². The van der Waals surface area contributed by atoms with E-state index in [0.717, 1.165) is 13.1 Å². The van der Waals surface area contributed by atoms with Crippen LogP contribution in [0.5, 0.6) is 0 Å². The second-order valence-corrected chi connectivity index (χ2v) is 6.31. The molecule has 0 amide bonds. The average molecular weight is 278 g/mol. The molecule has 21 heavy (non-hydrogen) atoms. The molecule has 2 nitrogen and oxygen atoms in total. The van der Waals surface area contributed by atoms with Gasteiger partial charge in [-0.2, -0.15) is 0 Å². The Kier molecular flexibility index (Phi) is 3.50. The minimum absolute atomic E-state index is 0.623. The summed E-state index contributed by atoms with van der Waals surface area (Å²) in [5, 5.41) is 6.36. The van der Waals surface area contributed by atoms with Crippen molar-refractivity contribution in [3.63, 3.8) is 0 Å². The van der Waals surface area contributed by atoms with E-state index in [9.17, 15) is 0 Å². The number of rotatable bonds is 2. The maximum absolute atomic E-state index is 3.67. The van der Waals surface area contributed by atoms with Crippen molar-refractivity contribution < 1.29 is 0 Å². The minimum Gasteiger partial charge on any atom is -0.311 e. The quantitative estimate of drug-likeness (QED) is 0.848. The van der Waals surface area contributed by atoms with Crippen molar-refractivity contribution in [2.45, 2.75) is 31.5 Å². The summed E-state index contributed by atoms with van der Waals surface area (Å²) in [6.45, 7) is 3.37. The summed E-state index contributed by atoms with van der Waals surface area (Å²) in [5.41, 5.74) is 1.43. The molecule has 0 unspecified atom stereocenters. The molecule has 1 N–H and O–H groups in total. The second-order valence-electron chi connectivity index (χ2n) is 6.31. The van der Waals surface area contributed by atoms with Gasteiger partial charge in [-0.3, -0.25) is 4.90 Å². The molecule has 2 aromatic carbocycles. The molecule has 1 fully saturated rings. The molecule has 0 aromatic heterocycles. The fourth-order valence-corrected chi connectivity index (χ4v) is 3.60. The van der Waals surface area contributed by atoms with Crippen molar-refractivity contribution in [3.05, 3.63) is 60.2 Å². The van der Waals surface area contributed by atoms with Crippen molar-refractivity contribution in [1.29, 1.82) is 0 Å². The Morgan fingerprint density at radius 3 is 2.81 bits per heavy atom. The van der Waals surface area contributed by atoms with E-state index in [-0.39, 0.29) is 0 Å². The predicted molar refractivity (Wildman–Crippen MR) is 88.3 cm³/mol. The van der Waals surface area contributed by atoms with E-state index in [1.165, 1.54) is 35.7 Å². The molecule has 3 aliphatic heterocycles. The van der Waals surface area contributed by atoms with Gasteiger partial charge < -0.3 is 5.32 Å². The van der Waals surface area contributed by atoms with Gasteiger partial charge in [-0.1, -0.05) is 48.6 Å². The maximum Gasteiger partial charge on any atom is 0.0259 e. The molecule has 3 aliphatic rings. The SMILES string of the molecule is C1=CC[C@H]2CN[C@@H](C1)CN2Cc1ccc2ccccc2c1. The van der Waals surface area contributed by atoms with E-state index in [2.05, 4.69) is 64.8 Å². The van der Waals surface area contributed by atoms with E-state index in [1.54, 1.807) is 0 Å². The minimum atomic E-state index is 0.623. The fraction of sp³-hybridized carbons (Fsp3) is 0.368.